The van der Waals surface area contributed by atoms with Crippen LogP contribution < -0.4 is 4.48 Å². The summed E-state index contributed by atoms with van der Waals surface area (Å²) < 4.78 is 0.906. The van der Waals surface area contributed by atoms with Crippen LogP contribution in [0.5, 0.6) is 0 Å². The number of likely N-dealkylation sites (N-methyl/N-ethyl adjacent to an activating group) is 1. The predicted octanol–water partition coefficient (Wildman–Crippen LogP) is 4.10. The summed E-state index contributed by atoms with van der Waals surface area (Å²) in [5.41, 5.74) is 2.79. The van der Waals surface area contributed by atoms with Gasteiger partial charge in [-0.3, -0.25) is 0 Å². The average Bonchev–Trinajstić information content (AvgIpc) is 2.86. The third-order valence-electron chi connectivity index (χ3n) is 5.30. The maximum atomic E-state index is 2.62. The summed E-state index contributed by atoms with van der Waals surface area (Å²) in [6.45, 7) is 0. The molecule has 1 fully saturated rings. The Morgan fingerprint density at radius 1 is 1.10 bits per heavy atom. The van der Waals surface area contributed by atoms with Gasteiger partial charge in [-0.05, 0) is 31.1 Å². The van der Waals surface area contributed by atoms with Gasteiger partial charge < -0.3 is 4.90 Å². The quantitative estimate of drug-likeness (QED) is 0.693. The molecular formula is C18H23N2+. The van der Waals surface area contributed by atoms with E-state index in [1.54, 1.807) is 0 Å². The lowest BCUT2D eigenvalue weighted by atomic mass is 9.93. The van der Waals surface area contributed by atoms with Crippen LogP contribution in [0.25, 0.3) is 6.08 Å². The van der Waals surface area contributed by atoms with Gasteiger partial charge in [-0.1, -0.05) is 31.4 Å². The normalized spacial score (nSPS) is 32.2. The minimum absolute atomic E-state index is 0.452. The van der Waals surface area contributed by atoms with Gasteiger partial charge in [-0.15, -0.1) is 0 Å². The van der Waals surface area contributed by atoms with Crippen molar-refractivity contribution in [1.82, 2.24) is 9.38 Å². The lowest BCUT2D eigenvalue weighted by Crippen LogP contribution is -2.54. The molecule has 1 aromatic carbocycles. The van der Waals surface area contributed by atoms with Crippen LogP contribution in [0, 0.1) is 0 Å². The highest BCUT2D eigenvalue weighted by Crippen LogP contribution is 2.41. The highest BCUT2D eigenvalue weighted by molar-refractivity contribution is 5.71. The highest BCUT2D eigenvalue weighted by atomic mass is 15.5. The fraction of sp³-hybridized carbons (Fsp3) is 0.444. The average molecular weight is 267 g/mol. The molecule has 2 heteroatoms. The van der Waals surface area contributed by atoms with Gasteiger partial charge in [0.1, 0.15) is 11.9 Å². The molecule has 20 heavy (non-hydrogen) atoms. The summed E-state index contributed by atoms with van der Waals surface area (Å²) in [5.74, 6) is 0. The van der Waals surface area contributed by atoms with Gasteiger partial charge >= 0.3 is 0 Å². The Morgan fingerprint density at radius 3 is 2.75 bits per heavy atom. The third-order valence-corrected chi connectivity index (χ3v) is 5.30. The van der Waals surface area contributed by atoms with Gasteiger partial charge in [-0.2, -0.15) is 0 Å². The van der Waals surface area contributed by atoms with Crippen molar-refractivity contribution < 1.29 is 0 Å². The van der Waals surface area contributed by atoms with Crippen LogP contribution >= 0.6 is 0 Å². The first-order chi connectivity index (χ1) is 9.79. The van der Waals surface area contributed by atoms with Crippen molar-refractivity contribution in [2.75, 3.05) is 7.05 Å². The van der Waals surface area contributed by atoms with Gasteiger partial charge in [0.2, 0.25) is 0 Å². The molecule has 0 amide bonds. The maximum absolute atomic E-state index is 2.62. The zero-order valence-corrected chi connectivity index (χ0v) is 12.2. The van der Waals surface area contributed by atoms with E-state index in [4.69, 9.17) is 0 Å². The fourth-order valence-corrected chi connectivity index (χ4v) is 4.14. The van der Waals surface area contributed by atoms with E-state index in [1.807, 2.05) is 0 Å². The predicted molar refractivity (Wildman–Crippen MR) is 84.8 cm³/mol. The molecule has 1 aliphatic carbocycles. The minimum Gasteiger partial charge on any atom is -0.317 e. The molecule has 1 aromatic rings. The van der Waals surface area contributed by atoms with Gasteiger partial charge in [0.25, 0.3) is 0 Å². The number of hydrogen-bond acceptors (Lipinski definition) is 1. The number of nitrogens with zero attached hydrogens (tertiary/aromatic N) is 2. The van der Waals surface area contributed by atoms with E-state index in [0.29, 0.717) is 6.17 Å². The van der Waals surface area contributed by atoms with E-state index >= 15 is 0 Å². The molecule has 2 aliphatic heterocycles. The molecule has 3 aliphatic rings. The fourth-order valence-electron chi connectivity index (χ4n) is 4.14. The molecule has 0 N–H and O–H groups in total. The molecule has 0 spiro atoms. The summed E-state index contributed by atoms with van der Waals surface area (Å²) in [7, 11) is 2.34. The zero-order chi connectivity index (χ0) is 13.6. The SMILES string of the molecule is C[N+]12C=CN(C3CCCCC3)C1C=Cc1ccccc12. The lowest BCUT2D eigenvalue weighted by molar-refractivity contribution is 0.141. The maximum Gasteiger partial charge on any atom is 0.193 e. The molecule has 0 radical (unpaired) electrons. The van der Waals surface area contributed by atoms with E-state index in [0.717, 1.165) is 10.5 Å². The van der Waals surface area contributed by atoms with Crippen LogP contribution in [0.3, 0.4) is 0 Å². The van der Waals surface area contributed by atoms with E-state index in [-0.39, 0.29) is 0 Å². The van der Waals surface area contributed by atoms with Crippen molar-refractivity contribution in [2.45, 2.75) is 44.3 Å². The smallest absolute Gasteiger partial charge is 0.193 e. The first kappa shape index (κ1) is 12.2. The summed E-state index contributed by atoms with van der Waals surface area (Å²) in [5, 5.41) is 0. The molecular weight excluding hydrogens is 244 g/mol. The second-order valence-corrected chi connectivity index (χ2v) is 6.52. The second-order valence-electron chi connectivity index (χ2n) is 6.52. The molecule has 2 atom stereocenters. The summed E-state index contributed by atoms with van der Waals surface area (Å²) in [6.07, 6.45) is 16.8. The Bertz CT molecular complexity index is 569. The van der Waals surface area contributed by atoms with Gasteiger partial charge in [0.05, 0.1) is 13.2 Å². The van der Waals surface area contributed by atoms with Crippen molar-refractivity contribution in [1.29, 1.82) is 0 Å². The number of para-hydroxylation sites is 1. The van der Waals surface area contributed by atoms with E-state index < -0.39 is 0 Å². The van der Waals surface area contributed by atoms with Crippen LogP contribution in [-0.4, -0.2) is 24.2 Å². The second kappa shape index (κ2) is 4.49. The van der Waals surface area contributed by atoms with E-state index in [9.17, 15) is 0 Å². The van der Waals surface area contributed by atoms with Crippen LogP contribution in [0.4, 0.5) is 5.69 Å². The van der Waals surface area contributed by atoms with Gasteiger partial charge in [-0.25, -0.2) is 4.48 Å². The largest absolute Gasteiger partial charge is 0.317 e. The van der Waals surface area contributed by atoms with E-state index in [1.165, 1.54) is 43.4 Å². The first-order valence-corrected chi connectivity index (χ1v) is 7.89. The number of fused-ring (bicyclic) bond motifs is 3. The molecule has 0 saturated heterocycles. The van der Waals surface area contributed by atoms with E-state index in [2.05, 4.69) is 60.8 Å². The molecule has 1 saturated carbocycles. The number of quaternary nitrogens is 1. The number of hydrogen-bond donors (Lipinski definition) is 0. The molecule has 4 rings (SSSR count). The Labute approximate surface area is 121 Å². The Balaban J connectivity index is 1.70. The number of rotatable bonds is 1. The van der Waals surface area contributed by atoms with Gasteiger partial charge in [0.15, 0.2) is 6.17 Å². The first-order valence-electron chi connectivity index (χ1n) is 7.89. The highest BCUT2D eigenvalue weighted by Gasteiger charge is 2.45. The standard InChI is InChI=1S/C18H23N2/c1-20-14-13-19(16-8-3-2-4-9-16)18(20)12-11-15-7-5-6-10-17(15)20/h5-7,10-14,16,18H,2-4,8-9H2,1H3/q+1. The number of benzene rings is 1. The summed E-state index contributed by atoms with van der Waals surface area (Å²) in [4.78, 5) is 2.62. The van der Waals surface area contributed by atoms with Crippen LogP contribution in [0.1, 0.15) is 37.7 Å². The minimum atomic E-state index is 0.452. The Morgan fingerprint density at radius 2 is 1.90 bits per heavy atom. The summed E-state index contributed by atoms with van der Waals surface area (Å²) >= 11 is 0. The Kier molecular flexibility index (Phi) is 2.74. The summed E-state index contributed by atoms with van der Waals surface area (Å²) in [6, 6.07) is 9.53. The topological polar surface area (TPSA) is 3.24 Å². The van der Waals surface area contributed by atoms with Gasteiger partial charge in [0, 0.05) is 17.7 Å². The van der Waals surface area contributed by atoms with Crippen molar-refractivity contribution >= 4 is 11.8 Å². The van der Waals surface area contributed by atoms with Crippen molar-refractivity contribution in [3.05, 3.63) is 48.3 Å². The zero-order valence-electron chi connectivity index (χ0n) is 12.2. The van der Waals surface area contributed by atoms with Crippen LogP contribution in [0.2, 0.25) is 0 Å². The molecule has 0 aromatic heterocycles. The molecule has 2 nitrogen and oxygen atoms in total. The van der Waals surface area contributed by atoms with Crippen molar-refractivity contribution in [3.8, 4) is 0 Å². The molecule has 104 valence electrons. The molecule has 0 bridgehead atoms. The Hall–Kier alpha value is -1.54. The van der Waals surface area contributed by atoms with Crippen LogP contribution in [0.15, 0.2) is 42.7 Å². The van der Waals surface area contributed by atoms with Crippen LogP contribution in [-0.2, 0) is 0 Å². The van der Waals surface area contributed by atoms with Crippen molar-refractivity contribution in [2.24, 2.45) is 0 Å². The van der Waals surface area contributed by atoms with Crippen molar-refractivity contribution in [3.63, 3.8) is 0 Å². The lowest BCUT2D eigenvalue weighted by Gasteiger charge is -2.42. The third kappa shape index (κ3) is 1.68. The molecule has 2 unspecified atom stereocenters. The molecule has 2 heterocycles. The monoisotopic (exact) mass is 267 g/mol.